The molecule has 8 heteroatoms. The van der Waals surface area contributed by atoms with Gasteiger partial charge in [-0.1, -0.05) is 41.5 Å². The van der Waals surface area contributed by atoms with E-state index in [1.54, 1.807) is 0 Å². The minimum absolute atomic E-state index is 0.385. The Hall–Kier alpha value is 0.708. The molecule has 0 saturated carbocycles. The molecule has 2 atom stereocenters. The van der Waals surface area contributed by atoms with Crippen LogP contribution in [0.1, 0.15) is 41.5 Å². The second kappa shape index (κ2) is 6.68. The lowest BCUT2D eigenvalue weighted by Crippen LogP contribution is -2.66. The lowest BCUT2D eigenvalue weighted by molar-refractivity contribution is 0.222. The molecule has 0 aromatic rings. The quantitative estimate of drug-likeness (QED) is 0.695. The van der Waals surface area contributed by atoms with Crippen LogP contribution in [0.5, 0.6) is 0 Å². The molecule has 1 rings (SSSR count). The van der Waals surface area contributed by atoms with Crippen LogP contribution in [0.2, 0.25) is 42.8 Å². The maximum atomic E-state index is 6.88. The predicted octanol–water partition coefficient (Wildman–Crippen LogP) is 4.36. The summed E-state index contributed by atoms with van der Waals surface area (Å²) in [6.07, 6.45) is 0. The zero-order valence-corrected chi connectivity index (χ0v) is 19.6. The molecule has 0 bridgehead atoms. The van der Waals surface area contributed by atoms with E-state index in [-0.39, 0.29) is 0 Å². The molecule has 1 fully saturated rings. The Bertz CT molecular complexity index is 354. The van der Waals surface area contributed by atoms with Gasteiger partial charge >= 0.3 is 35.0 Å². The molecule has 0 amide bonds. The fraction of sp³-hybridized carbons (Fsp3) is 1.00. The van der Waals surface area contributed by atoms with Crippen LogP contribution in [0.25, 0.3) is 0 Å². The van der Waals surface area contributed by atoms with Gasteiger partial charge in [-0.3, -0.25) is 0 Å². The molecule has 2 unspecified atom stereocenters. The van der Waals surface area contributed by atoms with E-state index in [0.29, 0.717) is 16.6 Å². The first-order valence-corrected chi connectivity index (χ1v) is 17.4. The Morgan fingerprint density at radius 1 is 0.714 bits per heavy atom. The summed E-state index contributed by atoms with van der Waals surface area (Å²) in [6, 6.07) is 0. The van der Waals surface area contributed by atoms with Crippen molar-refractivity contribution in [3.8, 4) is 0 Å². The second-order valence-corrected chi connectivity index (χ2v) is 22.0. The first-order valence-electron chi connectivity index (χ1n) is 8.10. The molecule has 1 heterocycles. The van der Waals surface area contributed by atoms with E-state index in [4.69, 9.17) is 16.5 Å². The van der Waals surface area contributed by atoms with Crippen LogP contribution in [-0.4, -0.2) is 35.0 Å². The van der Waals surface area contributed by atoms with E-state index in [1.807, 2.05) is 0 Å². The molecule has 1 aliphatic rings. The molecule has 1 aliphatic heterocycles. The largest absolute Gasteiger partial charge is 0.418 e. The van der Waals surface area contributed by atoms with Crippen molar-refractivity contribution >= 4 is 35.0 Å². The van der Waals surface area contributed by atoms with Gasteiger partial charge in [0.15, 0.2) is 0 Å². The minimum Gasteiger partial charge on any atom is -0.418 e. The van der Waals surface area contributed by atoms with Crippen LogP contribution in [0.3, 0.4) is 0 Å². The maximum Gasteiger partial charge on any atom is 0.325 e. The van der Waals surface area contributed by atoms with Gasteiger partial charge in [-0.15, -0.1) is 0 Å². The minimum atomic E-state index is -2.35. The normalized spacial score (nSPS) is 33.3. The lowest BCUT2D eigenvalue weighted by Gasteiger charge is -2.51. The highest BCUT2D eigenvalue weighted by Gasteiger charge is 2.56. The van der Waals surface area contributed by atoms with E-state index in [2.05, 4.69) is 67.7 Å². The lowest BCUT2D eigenvalue weighted by atomic mass is 10.5. The first kappa shape index (κ1) is 19.8. The zero-order valence-electron chi connectivity index (χ0n) is 15.4. The van der Waals surface area contributed by atoms with Crippen LogP contribution in [-0.2, 0) is 16.5 Å². The van der Waals surface area contributed by atoms with Crippen molar-refractivity contribution in [3.05, 3.63) is 0 Å². The molecule has 0 aromatic carbocycles. The third-order valence-electron chi connectivity index (χ3n) is 4.27. The van der Waals surface area contributed by atoms with Crippen LogP contribution < -0.4 is 0 Å². The maximum absolute atomic E-state index is 6.88. The van der Waals surface area contributed by atoms with Gasteiger partial charge in [0.25, 0.3) is 0 Å². The molecule has 4 nitrogen and oxygen atoms in total. The van der Waals surface area contributed by atoms with E-state index >= 15 is 0 Å². The Morgan fingerprint density at radius 2 is 1.19 bits per heavy atom. The Labute approximate surface area is 136 Å². The van der Waals surface area contributed by atoms with Gasteiger partial charge in [0.1, 0.15) is 0 Å². The summed E-state index contributed by atoms with van der Waals surface area (Å²) in [5.41, 5.74) is 1.18. The molecule has 21 heavy (non-hydrogen) atoms. The summed E-state index contributed by atoms with van der Waals surface area (Å²) >= 11 is 0. The van der Waals surface area contributed by atoms with E-state index in [9.17, 15) is 0 Å². The van der Waals surface area contributed by atoms with E-state index in [0.717, 1.165) is 0 Å². The number of hydrogen-bond donors (Lipinski definition) is 0. The van der Waals surface area contributed by atoms with Gasteiger partial charge in [0, 0.05) is 0 Å². The van der Waals surface area contributed by atoms with E-state index < -0.39 is 35.0 Å². The second-order valence-electron chi connectivity index (χ2n) is 7.61. The van der Waals surface area contributed by atoms with Crippen molar-refractivity contribution < 1.29 is 16.5 Å². The highest BCUT2D eigenvalue weighted by atomic mass is 28.5. The predicted molar refractivity (Wildman–Crippen MR) is 97.5 cm³/mol. The topological polar surface area (TPSA) is 36.9 Å². The molecule has 0 radical (unpaired) electrons. The summed E-state index contributed by atoms with van der Waals surface area (Å²) in [6.45, 7) is 21.9. The molecule has 1 saturated heterocycles. The molecule has 0 N–H and O–H groups in total. The first-order chi connectivity index (χ1) is 9.35. The molecule has 0 aromatic heterocycles. The van der Waals surface area contributed by atoms with Crippen molar-refractivity contribution in [3.63, 3.8) is 0 Å². The van der Waals surface area contributed by atoms with Crippen molar-refractivity contribution in [1.82, 2.24) is 0 Å². The van der Waals surface area contributed by atoms with Crippen LogP contribution in [0.15, 0.2) is 0 Å². The van der Waals surface area contributed by atoms with Gasteiger partial charge in [0.05, 0.1) is 0 Å². The number of rotatable bonds is 3. The van der Waals surface area contributed by atoms with Gasteiger partial charge in [-0.2, -0.15) is 0 Å². The van der Waals surface area contributed by atoms with Crippen LogP contribution in [0.4, 0.5) is 0 Å². The third kappa shape index (κ3) is 4.37. The molecule has 0 spiro atoms. The molecular weight excluding hydrogens is 332 g/mol. The van der Waals surface area contributed by atoms with Gasteiger partial charge in [-0.05, 0) is 42.8 Å². The monoisotopic (exact) mass is 366 g/mol. The fourth-order valence-electron chi connectivity index (χ4n) is 2.97. The molecule has 0 aliphatic carbocycles. The van der Waals surface area contributed by atoms with Crippen LogP contribution in [0, 0.1) is 0 Å². The van der Waals surface area contributed by atoms with Crippen LogP contribution >= 0.6 is 0 Å². The Balaban J connectivity index is 3.29. The Kier molecular flexibility index (Phi) is 6.28. The Morgan fingerprint density at radius 3 is 1.57 bits per heavy atom. The highest BCUT2D eigenvalue weighted by Crippen LogP contribution is 2.42. The van der Waals surface area contributed by atoms with Crippen molar-refractivity contribution in [2.75, 3.05) is 0 Å². The average molecular weight is 367 g/mol. The van der Waals surface area contributed by atoms with Crippen molar-refractivity contribution in [1.29, 1.82) is 0 Å². The zero-order chi connectivity index (χ0) is 16.6. The standard InChI is InChI=1S/C13H34O4Si4/c1-11(2)20(10)16-19(8,9)14-18(7)15-21(17-20,12(3)4)13(5)6/h11-13,18H,1-10H3. The smallest absolute Gasteiger partial charge is 0.325 e. The highest BCUT2D eigenvalue weighted by molar-refractivity contribution is 6.91. The summed E-state index contributed by atoms with van der Waals surface area (Å²) in [5.74, 6) is 0. The summed E-state index contributed by atoms with van der Waals surface area (Å²) < 4.78 is 26.4. The summed E-state index contributed by atoms with van der Waals surface area (Å²) in [4.78, 5) is 0. The van der Waals surface area contributed by atoms with Crippen molar-refractivity contribution in [2.45, 2.75) is 84.4 Å². The molecule has 126 valence electrons. The SMILES string of the molecule is CC(C)[Si]1(C)O[Si](C)(C)O[SiH](C)O[Si](C(C)C)(C(C)C)O1. The van der Waals surface area contributed by atoms with Gasteiger partial charge in [0.2, 0.25) is 0 Å². The molecular formula is C13H34O4Si4. The van der Waals surface area contributed by atoms with Crippen molar-refractivity contribution in [2.24, 2.45) is 0 Å². The average Bonchev–Trinajstić information content (AvgIpc) is 2.23. The fourth-order valence-corrected chi connectivity index (χ4v) is 24.4. The third-order valence-corrected chi connectivity index (χ3v) is 22.5. The number of hydrogen-bond acceptors (Lipinski definition) is 4. The van der Waals surface area contributed by atoms with Gasteiger partial charge < -0.3 is 16.5 Å². The summed E-state index contributed by atoms with van der Waals surface area (Å²) in [5, 5.41) is 0. The summed E-state index contributed by atoms with van der Waals surface area (Å²) in [7, 11) is -8.57. The van der Waals surface area contributed by atoms with Gasteiger partial charge in [-0.25, -0.2) is 0 Å². The van der Waals surface area contributed by atoms with E-state index in [1.165, 1.54) is 0 Å².